The SMILES string of the molecule is O=C(CNS(=O)(=O)c1ccc(Cl)s1)NCc1ccc(F)cc1. The summed E-state index contributed by atoms with van der Waals surface area (Å²) in [5, 5.41) is 2.54. The summed E-state index contributed by atoms with van der Waals surface area (Å²) in [7, 11) is -3.75. The Bertz CT molecular complexity index is 760. The number of amides is 1. The third-order valence-corrected chi connectivity index (χ3v) is 5.76. The number of carbonyl (C=O) groups is 1. The number of halogens is 2. The predicted molar refractivity (Wildman–Crippen MR) is 82.8 cm³/mol. The summed E-state index contributed by atoms with van der Waals surface area (Å²) >= 11 is 6.58. The zero-order chi connectivity index (χ0) is 16.2. The molecule has 0 radical (unpaired) electrons. The summed E-state index contributed by atoms with van der Waals surface area (Å²) in [6.45, 7) is -0.204. The van der Waals surface area contributed by atoms with Crippen LogP contribution in [-0.4, -0.2) is 20.9 Å². The van der Waals surface area contributed by atoms with Gasteiger partial charge in [-0.3, -0.25) is 4.79 Å². The molecule has 0 bridgehead atoms. The number of hydrogen-bond acceptors (Lipinski definition) is 4. The van der Waals surface area contributed by atoms with Crippen LogP contribution >= 0.6 is 22.9 Å². The minimum absolute atomic E-state index is 0.0452. The van der Waals surface area contributed by atoms with Gasteiger partial charge in [-0.2, -0.15) is 0 Å². The van der Waals surface area contributed by atoms with Gasteiger partial charge in [0, 0.05) is 6.54 Å². The van der Waals surface area contributed by atoms with Crippen LogP contribution in [0.4, 0.5) is 4.39 Å². The Morgan fingerprint density at radius 1 is 1.18 bits per heavy atom. The van der Waals surface area contributed by atoms with Crippen LogP contribution < -0.4 is 10.0 Å². The Hall–Kier alpha value is -1.48. The van der Waals surface area contributed by atoms with Crippen molar-refractivity contribution in [3.63, 3.8) is 0 Å². The first-order valence-corrected chi connectivity index (χ1v) is 8.81. The second-order valence-corrected chi connectivity index (χ2v) is 8.00. The lowest BCUT2D eigenvalue weighted by molar-refractivity contribution is -0.120. The van der Waals surface area contributed by atoms with Crippen LogP contribution in [0.1, 0.15) is 5.56 Å². The van der Waals surface area contributed by atoms with Crippen molar-refractivity contribution in [2.75, 3.05) is 6.54 Å². The third kappa shape index (κ3) is 4.77. The highest BCUT2D eigenvalue weighted by Crippen LogP contribution is 2.25. The Kier molecular flexibility index (Phi) is 5.52. The van der Waals surface area contributed by atoms with Gasteiger partial charge in [0.25, 0.3) is 10.0 Å². The maximum Gasteiger partial charge on any atom is 0.250 e. The van der Waals surface area contributed by atoms with E-state index in [9.17, 15) is 17.6 Å². The fourth-order valence-electron chi connectivity index (χ4n) is 1.54. The van der Waals surface area contributed by atoms with Gasteiger partial charge in [0.2, 0.25) is 5.91 Å². The van der Waals surface area contributed by atoms with E-state index >= 15 is 0 Å². The first-order valence-electron chi connectivity index (χ1n) is 6.13. The Morgan fingerprint density at radius 3 is 2.45 bits per heavy atom. The number of benzene rings is 1. The maximum atomic E-state index is 12.7. The summed E-state index contributed by atoms with van der Waals surface area (Å²) in [5.41, 5.74) is 0.711. The second-order valence-electron chi connectivity index (χ2n) is 4.29. The van der Waals surface area contributed by atoms with E-state index in [0.29, 0.717) is 9.90 Å². The van der Waals surface area contributed by atoms with Crippen LogP contribution in [0, 0.1) is 5.82 Å². The number of carbonyl (C=O) groups excluding carboxylic acids is 1. The van der Waals surface area contributed by atoms with Crippen LogP contribution in [0.3, 0.4) is 0 Å². The Labute approximate surface area is 136 Å². The second kappa shape index (κ2) is 7.19. The predicted octanol–water partition coefficient (Wildman–Crippen LogP) is 2.14. The molecule has 118 valence electrons. The lowest BCUT2D eigenvalue weighted by Crippen LogP contribution is -2.36. The minimum Gasteiger partial charge on any atom is -0.351 e. The largest absolute Gasteiger partial charge is 0.351 e. The van der Waals surface area contributed by atoms with Crippen molar-refractivity contribution in [2.45, 2.75) is 10.8 Å². The van der Waals surface area contributed by atoms with Gasteiger partial charge in [0.05, 0.1) is 10.9 Å². The van der Waals surface area contributed by atoms with Gasteiger partial charge in [0.15, 0.2) is 0 Å². The van der Waals surface area contributed by atoms with Crippen molar-refractivity contribution < 1.29 is 17.6 Å². The first kappa shape index (κ1) is 16.9. The summed E-state index contributed by atoms with van der Waals surface area (Å²) in [6.07, 6.45) is 0. The number of nitrogens with one attached hydrogen (secondary N) is 2. The summed E-state index contributed by atoms with van der Waals surface area (Å²) in [5.74, 6) is -0.854. The molecule has 1 amide bonds. The molecule has 5 nitrogen and oxygen atoms in total. The molecule has 0 saturated heterocycles. The van der Waals surface area contributed by atoms with Crippen molar-refractivity contribution in [3.8, 4) is 0 Å². The number of rotatable bonds is 6. The van der Waals surface area contributed by atoms with Gasteiger partial charge in [0.1, 0.15) is 10.0 Å². The number of hydrogen-bond donors (Lipinski definition) is 2. The number of thiophene rings is 1. The average molecular weight is 363 g/mol. The molecule has 0 atom stereocenters. The zero-order valence-electron chi connectivity index (χ0n) is 11.2. The molecule has 2 aromatic rings. The van der Waals surface area contributed by atoms with Gasteiger partial charge in [-0.05, 0) is 29.8 Å². The molecule has 1 heterocycles. The monoisotopic (exact) mass is 362 g/mol. The molecular weight excluding hydrogens is 351 g/mol. The highest BCUT2D eigenvalue weighted by atomic mass is 35.5. The van der Waals surface area contributed by atoms with E-state index in [1.54, 1.807) is 0 Å². The molecule has 0 unspecified atom stereocenters. The molecule has 9 heteroatoms. The Balaban J connectivity index is 1.83. The third-order valence-electron chi connectivity index (χ3n) is 2.64. The highest BCUT2D eigenvalue weighted by Gasteiger charge is 2.17. The van der Waals surface area contributed by atoms with E-state index < -0.39 is 15.9 Å². The molecule has 22 heavy (non-hydrogen) atoms. The van der Waals surface area contributed by atoms with Crippen LogP contribution in [0.2, 0.25) is 4.34 Å². The molecule has 0 spiro atoms. The van der Waals surface area contributed by atoms with Crippen LogP contribution in [0.25, 0.3) is 0 Å². The van der Waals surface area contributed by atoms with Gasteiger partial charge < -0.3 is 5.32 Å². The fourth-order valence-corrected chi connectivity index (χ4v) is 4.05. The van der Waals surface area contributed by atoms with Gasteiger partial charge in [-0.25, -0.2) is 17.5 Å². The summed E-state index contributed by atoms with van der Waals surface area (Å²) in [6, 6.07) is 8.47. The quantitative estimate of drug-likeness (QED) is 0.826. The normalized spacial score (nSPS) is 11.4. The van der Waals surface area contributed by atoms with Crippen molar-refractivity contribution in [2.24, 2.45) is 0 Å². The lowest BCUT2D eigenvalue weighted by atomic mass is 10.2. The average Bonchev–Trinajstić information content (AvgIpc) is 2.92. The van der Waals surface area contributed by atoms with E-state index in [-0.39, 0.29) is 23.1 Å². The zero-order valence-corrected chi connectivity index (χ0v) is 13.6. The van der Waals surface area contributed by atoms with Gasteiger partial charge in [-0.1, -0.05) is 23.7 Å². The van der Waals surface area contributed by atoms with E-state index in [2.05, 4.69) is 10.0 Å². The standard InChI is InChI=1S/C13H12ClFN2O3S2/c14-11-5-6-13(21-11)22(19,20)17-8-12(18)16-7-9-1-3-10(15)4-2-9/h1-6,17H,7-8H2,(H,16,18). The minimum atomic E-state index is -3.75. The van der Waals surface area contributed by atoms with Gasteiger partial charge in [-0.15, -0.1) is 11.3 Å². The molecule has 0 fully saturated rings. The lowest BCUT2D eigenvalue weighted by Gasteiger charge is -2.07. The van der Waals surface area contributed by atoms with E-state index in [4.69, 9.17) is 11.6 Å². The molecule has 0 aliphatic rings. The fraction of sp³-hybridized carbons (Fsp3) is 0.154. The molecule has 0 aliphatic heterocycles. The van der Waals surface area contributed by atoms with Crippen molar-refractivity contribution >= 4 is 38.9 Å². The number of sulfonamides is 1. The molecule has 2 N–H and O–H groups in total. The van der Waals surface area contributed by atoms with E-state index in [1.807, 2.05) is 0 Å². The maximum absolute atomic E-state index is 12.7. The van der Waals surface area contributed by atoms with Crippen molar-refractivity contribution in [1.29, 1.82) is 0 Å². The van der Waals surface area contributed by atoms with Gasteiger partial charge >= 0.3 is 0 Å². The summed E-state index contributed by atoms with van der Waals surface area (Å²) < 4.78 is 39.1. The smallest absolute Gasteiger partial charge is 0.250 e. The van der Waals surface area contributed by atoms with Crippen LogP contribution in [0.5, 0.6) is 0 Å². The van der Waals surface area contributed by atoms with Crippen molar-refractivity contribution in [1.82, 2.24) is 10.0 Å². The topological polar surface area (TPSA) is 75.3 Å². The summed E-state index contributed by atoms with van der Waals surface area (Å²) in [4.78, 5) is 11.6. The first-order chi connectivity index (χ1) is 10.4. The van der Waals surface area contributed by atoms with E-state index in [1.165, 1.54) is 36.4 Å². The van der Waals surface area contributed by atoms with Crippen LogP contribution in [-0.2, 0) is 21.4 Å². The molecule has 1 aromatic carbocycles. The Morgan fingerprint density at radius 2 is 1.86 bits per heavy atom. The molecule has 2 rings (SSSR count). The molecular formula is C13H12ClFN2O3S2. The molecule has 1 aromatic heterocycles. The molecule has 0 saturated carbocycles. The van der Waals surface area contributed by atoms with Crippen LogP contribution in [0.15, 0.2) is 40.6 Å². The van der Waals surface area contributed by atoms with Crippen molar-refractivity contribution in [3.05, 3.63) is 52.1 Å². The van der Waals surface area contributed by atoms with E-state index in [0.717, 1.165) is 11.3 Å². The molecule has 0 aliphatic carbocycles. The highest BCUT2D eigenvalue weighted by molar-refractivity contribution is 7.91.